The van der Waals surface area contributed by atoms with Gasteiger partial charge in [-0.05, 0) is 105 Å². The Morgan fingerprint density at radius 3 is 2.13 bits per heavy atom. The lowest BCUT2D eigenvalue weighted by molar-refractivity contribution is 0.102. The van der Waals surface area contributed by atoms with Crippen LogP contribution < -0.4 is 20.7 Å². The highest BCUT2D eigenvalue weighted by atomic mass is 16.5. The maximum atomic E-state index is 13.0. The number of rotatable bonds is 9. The number of nitrogens with one attached hydrogen (secondary N) is 3. The highest BCUT2D eigenvalue weighted by molar-refractivity contribution is 6.04. The monoisotopic (exact) mass is 603 g/mol. The van der Waals surface area contributed by atoms with Crippen LogP contribution in [0.2, 0.25) is 0 Å². The van der Waals surface area contributed by atoms with E-state index in [4.69, 9.17) is 4.74 Å². The number of urea groups is 1. The van der Waals surface area contributed by atoms with Crippen LogP contribution in [0.3, 0.4) is 0 Å². The minimum Gasteiger partial charge on any atom is -0.457 e. The summed E-state index contributed by atoms with van der Waals surface area (Å²) in [4.78, 5) is 27.2. The summed E-state index contributed by atoms with van der Waals surface area (Å²) < 4.78 is 8.08. The average molecular weight is 604 g/mol. The summed E-state index contributed by atoms with van der Waals surface area (Å²) in [6, 6.07) is 30.0. The summed E-state index contributed by atoms with van der Waals surface area (Å²) in [5.74, 6) is 1.04. The molecule has 5 aromatic rings. The van der Waals surface area contributed by atoms with Gasteiger partial charge in [-0.2, -0.15) is 0 Å². The van der Waals surface area contributed by atoms with Crippen LogP contribution >= 0.6 is 0 Å². The van der Waals surface area contributed by atoms with Crippen molar-refractivity contribution in [3.63, 3.8) is 0 Å². The second-order valence-corrected chi connectivity index (χ2v) is 11.6. The molecular formula is C36H37N5O4. The number of hydrogen-bond donors (Lipinski definition) is 4. The van der Waals surface area contributed by atoms with Gasteiger partial charge < -0.3 is 30.4 Å². The number of β-amino-alcohol motifs (C(OH)–C–C–N with tert-alkyl or cyclic N) is 1. The zero-order valence-corrected chi connectivity index (χ0v) is 25.4. The lowest BCUT2D eigenvalue weighted by Crippen LogP contribution is -2.34. The van der Waals surface area contributed by atoms with E-state index in [1.165, 1.54) is 10.9 Å². The van der Waals surface area contributed by atoms with Gasteiger partial charge >= 0.3 is 6.03 Å². The first-order valence-corrected chi connectivity index (χ1v) is 15.2. The molecule has 1 aliphatic heterocycles. The van der Waals surface area contributed by atoms with Gasteiger partial charge in [0.15, 0.2) is 0 Å². The van der Waals surface area contributed by atoms with Crippen molar-refractivity contribution in [1.82, 2.24) is 14.8 Å². The van der Waals surface area contributed by atoms with E-state index in [1.807, 2.05) is 50.2 Å². The third-order valence-corrected chi connectivity index (χ3v) is 7.72. The molecule has 1 fully saturated rings. The molecular weight excluding hydrogens is 566 g/mol. The number of hydrogen-bond acceptors (Lipinski definition) is 5. The van der Waals surface area contributed by atoms with Gasteiger partial charge in [0.25, 0.3) is 5.91 Å². The van der Waals surface area contributed by atoms with E-state index < -0.39 is 0 Å². The Morgan fingerprint density at radius 1 is 0.867 bits per heavy atom. The molecule has 0 spiro atoms. The molecule has 1 unspecified atom stereocenters. The number of fused-ring (bicyclic) bond motifs is 1. The van der Waals surface area contributed by atoms with Crippen molar-refractivity contribution < 1.29 is 19.4 Å². The number of aliphatic hydroxyl groups excluding tert-OH is 1. The standard InChI is InChI=1S/C36H37N5O4/c1-24(2)37-36(44)39-28-11-17-32(18-12-28)45-31-15-9-27(10-16-31)38-35(43)25-7-13-29(14-8-25)41-22-26(21-40-20-19-30(42)23-40)33-5-3-4-6-34(33)41/h3-18,22,24,30,42H,19-21,23H2,1-2H3,(H,38,43)(H2,37,39,44). The Balaban J connectivity index is 1.07. The Labute approximate surface area is 262 Å². The van der Waals surface area contributed by atoms with Gasteiger partial charge in [0, 0.05) is 59.9 Å². The quantitative estimate of drug-likeness (QED) is 0.149. The normalized spacial score (nSPS) is 14.9. The molecule has 1 aromatic heterocycles. The van der Waals surface area contributed by atoms with E-state index in [2.05, 4.69) is 43.7 Å². The Kier molecular flexibility index (Phi) is 8.81. The minimum atomic E-state index is -0.258. The number of benzene rings is 4. The molecule has 1 saturated heterocycles. The number of ether oxygens (including phenoxy) is 1. The van der Waals surface area contributed by atoms with Gasteiger partial charge in [0.1, 0.15) is 11.5 Å². The van der Waals surface area contributed by atoms with Gasteiger partial charge in [-0.15, -0.1) is 0 Å². The van der Waals surface area contributed by atoms with Crippen LogP contribution in [0.4, 0.5) is 16.2 Å². The van der Waals surface area contributed by atoms with Crippen LogP contribution in [0.1, 0.15) is 36.2 Å². The van der Waals surface area contributed by atoms with Crippen LogP contribution in [0.5, 0.6) is 11.5 Å². The smallest absolute Gasteiger partial charge is 0.319 e. The van der Waals surface area contributed by atoms with E-state index in [0.29, 0.717) is 35.0 Å². The zero-order chi connectivity index (χ0) is 31.3. The predicted octanol–water partition coefficient (Wildman–Crippen LogP) is 6.77. The third kappa shape index (κ3) is 7.34. The Bertz CT molecular complexity index is 1780. The Hall–Kier alpha value is -5.12. The molecule has 230 valence electrons. The number of aromatic nitrogens is 1. The maximum Gasteiger partial charge on any atom is 0.319 e. The zero-order valence-electron chi connectivity index (χ0n) is 25.4. The summed E-state index contributed by atoms with van der Waals surface area (Å²) in [6.07, 6.45) is 2.72. The van der Waals surface area contributed by atoms with Crippen molar-refractivity contribution in [2.24, 2.45) is 0 Å². The molecule has 4 aromatic carbocycles. The molecule has 3 amide bonds. The molecule has 45 heavy (non-hydrogen) atoms. The molecule has 9 heteroatoms. The lowest BCUT2D eigenvalue weighted by atomic mass is 10.1. The van der Waals surface area contributed by atoms with Crippen molar-refractivity contribution in [1.29, 1.82) is 0 Å². The first-order valence-electron chi connectivity index (χ1n) is 15.2. The molecule has 4 N–H and O–H groups in total. The number of likely N-dealkylation sites (tertiary alicyclic amines) is 1. The molecule has 1 atom stereocenters. The number of para-hydroxylation sites is 1. The largest absolute Gasteiger partial charge is 0.457 e. The first kappa shape index (κ1) is 29.9. The molecule has 0 radical (unpaired) electrons. The molecule has 1 aliphatic rings. The molecule has 0 bridgehead atoms. The van der Waals surface area contributed by atoms with Crippen LogP contribution in [0.25, 0.3) is 16.6 Å². The summed E-state index contributed by atoms with van der Waals surface area (Å²) in [6.45, 7) is 6.18. The van der Waals surface area contributed by atoms with Crippen LogP contribution in [-0.2, 0) is 6.54 Å². The van der Waals surface area contributed by atoms with Crippen LogP contribution in [0, 0.1) is 0 Å². The first-order chi connectivity index (χ1) is 21.8. The number of anilines is 2. The number of aliphatic hydroxyl groups is 1. The molecule has 9 nitrogen and oxygen atoms in total. The van der Waals surface area contributed by atoms with Gasteiger partial charge in [-0.3, -0.25) is 9.69 Å². The maximum absolute atomic E-state index is 13.0. The SMILES string of the molecule is CC(C)NC(=O)Nc1ccc(Oc2ccc(NC(=O)c3ccc(-n4cc(CN5CCC(O)C5)c5ccccc54)cc3)cc2)cc1. The van der Waals surface area contributed by atoms with Crippen molar-refractivity contribution in [3.05, 3.63) is 114 Å². The second kappa shape index (κ2) is 13.3. The molecule has 6 rings (SSSR count). The summed E-state index contributed by atoms with van der Waals surface area (Å²) >= 11 is 0. The van der Waals surface area contributed by atoms with E-state index in [1.54, 1.807) is 48.5 Å². The molecule has 0 saturated carbocycles. The number of amides is 3. The fourth-order valence-corrected chi connectivity index (χ4v) is 5.54. The Morgan fingerprint density at radius 2 is 1.51 bits per heavy atom. The average Bonchev–Trinajstić information content (AvgIpc) is 3.61. The number of carbonyl (C=O) groups excluding carboxylic acids is 2. The van der Waals surface area contributed by atoms with Crippen LogP contribution in [-0.4, -0.2) is 51.7 Å². The summed E-state index contributed by atoms with van der Waals surface area (Å²) in [5, 5.41) is 19.7. The lowest BCUT2D eigenvalue weighted by Gasteiger charge is -2.13. The number of nitrogens with zero attached hydrogens (tertiary/aromatic N) is 2. The number of carbonyl (C=O) groups is 2. The van der Waals surface area contributed by atoms with Crippen LogP contribution in [0.15, 0.2) is 103 Å². The van der Waals surface area contributed by atoms with Gasteiger partial charge in [-0.1, -0.05) is 18.2 Å². The van der Waals surface area contributed by atoms with Crippen molar-refractivity contribution in [3.8, 4) is 17.2 Å². The highest BCUT2D eigenvalue weighted by Crippen LogP contribution is 2.28. The summed E-state index contributed by atoms with van der Waals surface area (Å²) in [5.41, 5.74) is 5.16. The fraction of sp³-hybridized carbons (Fsp3) is 0.222. The molecule has 2 heterocycles. The summed E-state index contributed by atoms with van der Waals surface area (Å²) in [7, 11) is 0. The van der Waals surface area contributed by atoms with E-state index in [-0.39, 0.29) is 24.1 Å². The third-order valence-electron chi connectivity index (χ3n) is 7.72. The fourth-order valence-electron chi connectivity index (χ4n) is 5.54. The van der Waals surface area contributed by atoms with Gasteiger partial charge in [0.2, 0.25) is 0 Å². The van der Waals surface area contributed by atoms with E-state index >= 15 is 0 Å². The van der Waals surface area contributed by atoms with Gasteiger partial charge in [-0.25, -0.2) is 4.79 Å². The highest BCUT2D eigenvalue weighted by Gasteiger charge is 2.22. The topological polar surface area (TPSA) is 108 Å². The van der Waals surface area contributed by atoms with Crippen molar-refractivity contribution in [2.45, 2.75) is 39.0 Å². The minimum absolute atomic E-state index is 0.0495. The second-order valence-electron chi connectivity index (χ2n) is 11.6. The van der Waals surface area contributed by atoms with E-state index in [0.717, 1.165) is 30.7 Å². The van der Waals surface area contributed by atoms with Crippen molar-refractivity contribution >= 4 is 34.2 Å². The predicted molar refractivity (Wildman–Crippen MR) is 177 cm³/mol. The van der Waals surface area contributed by atoms with E-state index in [9.17, 15) is 14.7 Å². The van der Waals surface area contributed by atoms with Gasteiger partial charge in [0.05, 0.1) is 11.6 Å². The molecule has 0 aliphatic carbocycles. The van der Waals surface area contributed by atoms with Crippen molar-refractivity contribution in [2.75, 3.05) is 23.7 Å².